The summed E-state index contributed by atoms with van der Waals surface area (Å²) in [5.41, 5.74) is 4.67. The molecule has 1 aromatic carbocycles. The van der Waals surface area contributed by atoms with Crippen molar-refractivity contribution >= 4 is 5.71 Å². The molecule has 0 amide bonds. The smallest absolute Gasteiger partial charge is 0.0583 e. The Labute approximate surface area is 155 Å². The van der Waals surface area contributed by atoms with Crippen LogP contribution in [0.3, 0.4) is 0 Å². The lowest BCUT2D eigenvalue weighted by Gasteiger charge is -2.33. The average molecular weight is 341 g/mol. The second kappa shape index (κ2) is 11.8. The molecule has 0 aliphatic carbocycles. The minimum atomic E-state index is 0.510. The van der Waals surface area contributed by atoms with E-state index >= 15 is 0 Å². The standard InChI is InChI=1S/C21H30N2.C2H6/c1-5-16(3)17(4)23-21(14-18-10-8-7-9-11-18)20-15-22-13-12-19(20)6-2;1-2/h5,7-11,19-20,22H,4,6,12-15H2,1-3H3;1-2H3/b16-5-,23-21?;. The Kier molecular flexibility index (Phi) is 10.1. The van der Waals surface area contributed by atoms with E-state index in [4.69, 9.17) is 4.99 Å². The molecule has 0 spiro atoms. The predicted octanol–water partition coefficient (Wildman–Crippen LogP) is 5.81. The van der Waals surface area contributed by atoms with Crippen molar-refractivity contribution in [1.29, 1.82) is 0 Å². The Hall–Kier alpha value is -1.67. The first-order chi connectivity index (χ1) is 12.2. The molecule has 1 N–H and O–H groups in total. The molecule has 1 fully saturated rings. The first-order valence-corrected chi connectivity index (χ1v) is 9.80. The van der Waals surface area contributed by atoms with Gasteiger partial charge in [-0.1, -0.05) is 70.2 Å². The monoisotopic (exact) mass is 340 g/mol. The van der Waals surface area contributed by atoms with Gasteiger partial charge in [0.2, 0.25) is 0 Å². The van der Waals surface area contributed by atoms with Gasteiger partial charge in [-0.2, -0.15) is 0 Å². The van der Waals surface area contributed by atoms with Crippen molar-refractivity contribution in [2.45, 2.75) is 53.9 Å². The first-order valence-electron chi connectivity index (χ1n) is 9.80. The van der Waals surface area contributed by atoms with E-state index in [2.05, 4.69) is 62.2 Å². The molecule has 2 rings (SSSR count). The SMILES string of the molecule is C=C(N=C(Cc1ccccc1)C1CNCCC1CC)/C(C)=C\C.CC. The van der Waals surface area contributed by atoms with E-state index in [1.54, 1.807) is 0 Å². The fourth-order valence-electron chi connectivity index (χ4n) is 3.28. The molecular formula is C23H36N2. The van der Waals surface area contributed by atoms with Gasteiger partial charge >= 0.3 is 0 Å². The molecule has 1 aromatic rings. The van der Waals surface area contributed by atoms with Gasteiger partial charge in [0, 0.05) is 24.6 Å². The van der Waals surface area contributed by atoms with E-state index in [0.717, 1.165) is 36.7 Å². The van der Waals surface area contributed by atoms with Crippen LogP contribution in [0.1, 0.15) is 53.0 Å². The Bertz CT molecular complexity index is 569. The van der Waals surface area contributed by atoms with Crippen molar-refractivity contribution < 1.29 is 0 Å². The Morgan fingerprint density at radius 2 is 1.96 bits per heavy atom. The number of hydrogen-bond acceptors (Lipinski definition) is 2. The summed E-state index contributed by atoms with van der Waals surface area (Å²) < 4.78 is 0. The van der Waals surface area contributed by atoms with E-state index in [0.29, 0.717) is 5.92 Å². The largest absolute Gasteiger partial charge is 0.316 e. The minimum Gasteiger partial charge on any atom is -0.316 e. The number of rotatable bonds is 6. The normalized spacial score (nSPS) is 21.3. The summed E-state index contributed by atoms with van der Waals surface area (Å²) in [6.07, 6.45) is 5.46. The number of allylic oxidation sites excluding steroid dienone is 2. The van der Waals surface area contributed by atoms with Crippen LogP contribution >= 0.6 is 0 Å². The van der Waals surface area contributed by atoms with Crippen LogP contribution in [0.15, 0.2) is 59.2 Å². The zero-order valence-electron chi connectivity index (χ0n) is 16.8. The topological polar surface area (TPSA) is 24.4 Å². The van der Waals surface area contributed by atoms with Gasteiger partial charge in [-0.3, -0.25) is 4.99 Å². The molecule has 138 valence electrons. The van der Waals surface area contributed by atoms with Gasteiger partial charge in [0.25, 0.3) is 0 Å². The third kappa shape index (κ3) is 6.62. The number of benzene rings is 1. The fraction of sp³-hybridized carbons (Fsp3) is 0.522. The summed E-state index contributed by atoms with van der Waals surface area (Å²) in [6.45, 7) is 16.8. The molecule has 25 heavy (non-hydrogen) atoms. The van der Waals surface area contributed by atoms with E-state index in [1.165, 1.54) is 24.1 Å². The third-order valence-electron chi connectivity index (χ3n) is 4.97. The van der Waals surface area contributed by atoms with E-state index in [9.17, 15) is 0 Å². The van der Waals surface area contributed by atoms with Crippen LogP contribution in [-0.2, 0) is 6.42 Å². The van der Waals surface area contributed by atoms with Crippen LogP contribution in [0, 0.1) is 11.8 Å². The number of aliphatic imine (C=N–C) groups is 1. The van der Waals surface area contributed by atoms with Crippen LogP contribution in [0.25, 0.3) is 0 Å². The Morgan fingerprint density at radius 1 is 1.28 bits per heavy atom. The predicted molar refractivity (Wildman–Crippen MR) is 112 cm³/mol. The summed E-state index contributed by atoms with van der Waals surface area (Å²) in [6, 6.07) is 10.7. The van der Waals surface area contributed by atoms with E-state index in [-0.39, 0.29) is 0 Å². The molecule has 1 heterocycles. The summed E-state index contributed by atoms with van der Waals surface area (Å²) in [4.78, 5) is 4.98. The lowest BCUT2D eigenvalue weighted by molar-refractivity contribution is 0.308. The van der Waals surface area contributed by atoms with Gasteiger partial charge in [0.05, 0.1) is 5.70 Å². The Morgan fingerprint density at radius 3 is 2.56 bits per heavy atom. The zero-order chi connectivity index (χ0) is 18.7. The maximum Gasteiger partial charge on any atom is 0.0583 e. The molecule has 2 unspecified atom stereocenters. The van der Waals surface area contributed by atoms with Crippen molar-refractivity contribution in [3.05, 3.63) is 59.8 Å². The van der Waals surface area contributed by atoms with Gasteiger partial charge in [-0.15, -0.1) is 0 Å². The van der Waals surface area contributed by atoms with Crippen molar-refractivity contribution in [3.8, 4) is 0 Å². The molecule has 2 atom stereocenters. The molecule has 2 nitrogen and oxygen atoms in total. The summed E-state index contributed by atoms with van der Waals surface area (Å²) in [5.74, 6) is 1.23. The van der Waals surface area contributed by atoms with Gasteiger partial charge in [-0.05, 0) is 43.9 Å². The van der Waals surface area contributed by atoms with Crippen LogP contribution in [0.5, 0.6) is 0 Å². The van der Waals surface area contributed by atoms with Crippen LogP contribution in [0.2, 0.25) is 0 Å². The molecule has 0 aromatic heterocycles. The minimum absolute atomic E-state index is 0.510. The average Bonchev–Trinajstić information content (AvgIpc) is 2.69. The van der Waals surface area contributed by atoms with Crippen LogP contribution in [0.4, 0.5) is 0 Å². The second-order valence-corrected chi connectivity index (χ2v) is 6.45. The van der Waals surface area contributed by atoms with E-state index < -0.39 is 0 Å². The molecular weight excluding hydrogens is 304 g/mol. The highest BCUT2D eigenvalue weighted by Gasteiger charge is 2.28. The molecule has 1 aliphatic heterocycles. The molecule has 1 saturated heterocycles. The highest BCUT2D eigenvalue weighted by Crippen LogP contribution is 2.26. The third-order valence-corrected chi connectivity index (χ3v) is 4.97. The fourth-order valence-corrected chi connectivity index (χ4v) is 3.28. The molecule has 1 aliphatic rings. The van der Waals surface area contributed by atoms with Crippen molar-refractivity contribution in [3.63, 3.8) is 0 Å². The van der Waals surface area contributed by atoms with Gasteiger partial charge in [0.15, 0.2) is 0 Å². The maximum absolute atomic E-state index is 4.98. The van der Waals surface area contributed by atoms with Crippen molar-refractivity contribution in [1.82, 2.24) is 5.32 Å². The summed E-state index contributed by atoms with van der Waals surface area (Å²) >= 11 is 0. The number of nitrogens with one attached hydrogen (secondary N) is 1. The van der Waals surface area contributed by atoms with Crippen molar-refractivity contribution in [2.24, 2.45) is 16.8 Å². The molecule has 0 bridgehead atoms. The van der Waals surface area contributed by atoms with Crippen molar-refractivity contribution in [2.75, 3.05) is 13.1 Å². The Balaban J connectivity index is 0.00000151. The van der Waals surface area contributed by atoms with Gasteiger partial charge in [-0.25, -0.2) is 0 Å². The molecule has 0 saturated carbocycles. The number of nitrogens with zero attached hydrogens (tertiary/aromatic N) is 1. The van der Waals surface area contributed by atoms with E-state index in [1.807, 2.05) is 20.8 Å². The van der Waals surface area contributed by atoms with Gasteiger partial charge < -0.3 is 5.32 Å². The maximum atomic E-state index is 4.98. The molecule has 2 heteroatoms. The van der Waals surface area contributed by atoms with Crippen LogP contribution in [-0.4, -0.2) is 18.8 Å². The second-order valence-electron chi connectivity index (χ2n) is 6.45. The lowest BCUT2D eigenvalue weighted by atomic mass is 9.79. The number of piperidine rings is 1. The first kappa shape index (κ1) is 21.4. The molecule has 0 radical (unpaired) electrons. The highest BCUT2D eigenvalue weighted by molar-refractivity contribution is 5.90. The summed E-state index contributed by atoms with van der Waals surface area (Å²) in [5, 5.41) is 3.56. The number of hydrogen-bond donors (Lipinski definition) is 1. The van der Waals surface area contributed by atoms with Gasteiger partial charge in [0.1, 0.15) is 0 Å². The highest BCUT2D eigenvalue weighted by atomic mass is 14.9. The quantitative estimate of drug-likeness (QED) is 0.513. The lowest BCUT2D eigenvalue weighted by Crippen LogP contribution is -2.41. The van der Waals surface area contributed by atoms with Crippen LogP contribution < -0.4 is 5.32 Å². The zero-order valence-corrected chi connectivity index (χ0v) is 16.8. The summed E-state index contributed by atoms with van der Waals surface area (Å²) in [7, 11) is 0.